The van der Waals surface area contributed by atoms with Crippen LogP contribution in [0, 0.1) is 0 Å². The topological polar surface area (TPSA) is 70.0 Å². The molecule has 6 nitrogen and oxygen atoms in total. The van der Waals surface area contributed by atoms with Crippen molar-refractivity contribution in [1.82, 2.24) is 19.9 Å². The van der Waals surface area contributed by atoms with Crippen molar-refractivity contribution in [3.63, 3.8) is 0 Å². The molecule has 0 saturated heterocycles. The summed E-state index contributed by atoms with van der Waals surface area (Å²) in [5.41, 5.74) is 10.6. The zero-order valence-electron chi connectivity index (χ0n) is 29.7. The highest BCUT2D eigenvalue weighted by Gasteiger charge is 2.23. The maximum absolute atomic E-state index is 6.68. The Labute approximate surface area is 306 Å². The molecule has 0 radical (unpaired) electrons. The minimum absolute atomic E-state index is 0.575. The van der Waals surface area contributed by atoms with Gasteiger partial charge in [-0.15, -0.1) is 0 Å². The number of ether oxygens (including phenoxy) is 2. The molecule has 0 unspecified atom stereocenters. The van der Waals surface area contributed by atoms with Gasteiger partial charge in [-0.3, -0.25) is 9.97 Å². The highest BCUT2D eigenvalue weighted by molar-refractivity contribution is 5.91. The molecule has 4 aromatic heterocycles. The third-order valence-corrected chi connectivity index (χ3v) is 8.92. The smallest absolute Gasteiger partial charge is 0.128 e. The molecule has 0 aliphatic carbocycles. The lowest BCUT2D eigenvalue weighted by molar-refractivity contribution is 0.303. The van der Waals surface area contributed by atoms with E-state index in [0.29, 0.717) is 13.2 Å². The summed E-state index contributed by atoms with van der Waals surface area (Å²) in [5.74, 6) is 1.49. The van der Waals surface area contributed by atoms with Crippen molar-refractivity contribution in [1.29, 1.82) is 0 Å². The maximum atomic E-state index is 6.68. The molecule has 258 valence electrons. The minimum Gasteiger partial charge on any atom is -0.493 e. The monoisotopic (exact) mass is 682 g/mol. The van der Waals surface area contributed by atoms with Crippen LogP contribution in [0.3, 0.4) is 0 Å². The van der Waals surface area contributed by atoms with Crippen molar-refractivity contribution in [2.75, 3.05) is 13.2 Å². The molecule has 0 bridgehead atoms. The van der Waals surface area contributed by atoms with Gasteiger partial charge in [0.1, 0.15) is 11.5 Å². The molecule has 7 aromatic rings. The summed E-state index contributed by atoms with van der Waals surface area (Å²) >= 11 is 0. The molecular weight excluding hydrogens is 641 g/mol. The molecule has 0 N–H and O–H groups in total. The third-order valence-electron chi connectivity index (χ3n) is 8.92. The molecule has 0 aliphatic rings. The molecule has 3 aromatic carbocycles. The summed E-state index contributed by atoms with van der Waals surface area (Å²) < 4.78 is 13.4. The van der Waals surface area contributed by atoms with Gasteiger partial charge in [-0.2, -0.15) is 0 Å². The van der Waals surface area contributed by atoms with Gasteiger partial charge in [-0.1, -0.05) is 99.5 Å². The van der Waals surface area contributed by atoms with Crippen molar-refractivity contribution in [2.24, 2.45) is 0 Å². The van der Waals surface area contributed by atoms with Gasteiger partial charge < -0.3 is 9.47 Å². The molecule has 0 aliphatic heterocycles. The van der Waals surface area contributed by atoms with Gasteiger partial charge in [0.25, 0.3) is 0 Å². The number of aromatic nitrogens is 4. The van der Waals surface area contributed by atoms with Crippen LogP contribution in [0.2, 0.25) is 0 Å². The first-order valence-corrected chi connectivity index (χ1v) is 18.1. The predicted octanol–water partition coefficient (Wildman–Crippen LogP) is 11.6. The maximum Gasteiger partial charge on any atom is 0.128 e. The number of nitrogens with zero attached hydrogens (tertiary/aromatic N) is 4. The van der Waals surface area contributed by atoms with Crippen molar-refractivity contribution in [3.05, 3.63) is 146 Å². The van der Waals surface area contributed by atoms with Gasteiger partial charge in [0.15, 0.2) is 0 Å². The summed E-state index contributed by atoms with van der Waals surface area (Å²) in [6.07, 6.45) is 7.50. The van der Waals surface area contributed by atoms with Crippen molar-refractivity contribution in [3.8, 4) is 79.0 Å². The second-order valence-corrected chi connectivity index (χ2v) is 12.6. The van der Waals surface area contributed by atoms with E-state index in [9.17, 15) is 0 Å². The van der Waals surface area contributed by atoms with Gasteiger partial charge >= 0.3 is 0 Å². The Kier molecular flexibility index (Phi) is 11.0. The van der Waals surface area contributed by atoms with Gasteiger partial charge in [0.05, 0.1) is 47.4 Å². The Morgan fingerprint density at radius 2 is 0.846 bits per heavy atom. The van der Waals surface area contributed by atoms with Gasteiger partial charge in [0.2, 0.25) is 0 Å². The van der Waals surface area contributed by atoms with Crippen LogP contribution in [-0.4, -0.2) is 33.1 Å². The van der Waals surface area contributed by atoms with E-state index in [1.165, 1.54) is 0 Å². The fourth-order valence-corrected chi connectivity index (χ4v) is 6.16. The van der Waals surface area contributed by atoms with Gasteiger partial charge in [0, 0.05) is 45.8 Å². The van der Waals surface area contributed by atoms with Crippen LogP contribution in [0.4, 0.5) is 0 Å². The number of hydrogen-bond acceptors (Lipinski definition) is 6. The zero-order chi connectivity index (χ0) is 35.5. The van der Waals surface area contributed by atoms with Gasteiger partial charge in [-0.25, -0.2) is 9.97 Å². The number of unbranched alkanes of at least 4 members (excludes halogenated alkanes) is 2. The molecular formula is C46H42N4O2. The highest BCUT2D eigenvalue weighted by Crippen LogP contribution is 2.46. The highest BCUT2D eigenvalue weighted by atomic mass is 16.5. The minimum atomic E-state index is 0.575. The molecule has 0 amide bonds. The molecule has 0 fully saturated rings. The Hall–Kier alpha value is -6.14. The molecule has 0 atom stereocenters. The van der Waals surface area contributed by atoms with Crippen LogP contribution in [-0.2, 0) is 0 Å². The lowest BCUT2D eigenvalue weighted by Crippen LogP contribution is -2.04. The molecule has 4 heterocycles. The van der Waals surface area contributed by atoms with E-state index in [-0.39, 0.29) is 0 Å². The lowest BCUT2D eigenvalue weighted by Gasteiger charge is -2.21. The van der Waals surface area contributed by atoms with E-state index in [4.69, 9.17) is 29.4 Å². The van der Waals surface area contributed by atoms with E-state index in [2.05, 4.69) is 74.5 Å². The predicted molar refractivity (Wildman–Crippen MR) is 211 cm³/mol. The second-order valence-electron chi connectivity index (χ2n) is 12.6. The molecule has 6 heteroatoms. The number of benzene rings is 3. The summed E-state index contributed by atoms with van der Waals surface area (Å²) in [4.78, 5) is 20.0. The lowest BCUT2D eigenvalue weighted by atomic mass is 9.93. The Bertz CT molecular complexity index is 2050. The average molecular weight is 683 g/mol. The normalized spacial score (nSPS) is 11.0. The fraction of sp³-hybridized carbons (Fsp3) is 0.174. The molecule has 7 rings (SSSR count). The SMILES string of the molecule is CCCCOc1cc(-c2ccc(-c3ccccc3)nc2-c2ccccn2)c(OCCCC)cc1-c1ccc(-c2ccccc2)nc1-c1ccccn1. The van der Waals surface area contributed by atoms with Gasteiger partial charge in [-0.05, 0) is 73.5 Å². The summed E-state index contributed by atoms with van der Waals surface area (Å²) in [6.45, 7) is 5.49. The average Bonchev–Trinajstić information content (AvgIpc) is 3.22. The fourth-order valence-electron chi connectivity index (χ4n) is 6.16. The van der Waals surface area contributed by atoms with E-state index in [1.807, 2.05) is 85.2 Å². The van der Waals surface area contributed by atoms with Crippen molar-refractivity contribution in [2.45, 2.75) is 39.5 Å². The number of rotatable bonds is 14. The van der Waals surface area contributed by atoms with Crippen LogP contribution in [0.25, 0.3) is 67.5 Å². The van der Waals surface area contributed by atoms with Crippen LogP contribution in [0.5, 0.6) is 11.5 Å². The van der Waals surface area contributed by atoms with E-state index in [1.54, 1.807) is 0 Å². The van der Waals surface area contributed by atoms with Crippen LogP contribution in [0.15, 0.2) is 146 Å². The van der Waals surface area contributed by atoms with Crippen molar-refractivity contribution >= 4 is 0 Å². The van der Waals surface area contributed by atoms with E-state index >= 15 is 0 Å². The molecule has 0 spiro atoms. The second kappa shape index (κ2) is 16.7. The van der Waals surface area contributed by atoms with Crippen molar-refractivity contribution < 1.29 is 9.47 Å². The first-order valence-electron chi connectivity index (χ1n) is 18.1. The number of hydrogen-bond donors (Lipinski definition) is 0. The molecule has 52 heavy (non-hydrogen) atoms. The van der Waals surface area contributed by atoms with E-state index in [0.717, 1.165) is 105 Å². The van der Waals surface area contributed by atoms with E-state index < -0.39 is 0 Å². The third kappa shape index (κ3) is 7.77. The summed E-state index contributed by atoms with van der Waals surface area (Å²) in [5, 5.41) is 0. The Balaban J connectivity index is 1.46. The Morgan fingerprint density at radius 1 is 0.423 bits per heavy atom. The number of pyridine rings is 4. The molecule has 0 saturated carbocycles. The first kappa shape index (κ1) is 34.3. The first-order chi connectivity index (χ1) is 25.7. The largest absolute Gasteiger partial charge is 0.493 e. The quantitative estimate of drug-likeness (QED) is 0.106. The van der Waals surface area contributed by atoms with Crippen LogP contribution in [0.1, 0.15) is 39.5 Å². The summed E-state index contributed by atoms with van der Waals surface area (Å²) in [7, 11) is 0. The van der Waals surface area contributed by atoms with Crippen LogP contribution < -0.4 is 9.47 Å². The Morgan fingerprint density at radius 3 is 1.23 bits per heavy atom. The van der Waals surface area contributed by atoms with Crippen LogP contribution >= 0.6 is 0 Å². The summed E-state index contributed by atoms with van der Waals surface area (Å²) in [6, 6.07) is 45.0. The zero-order valence-corrected chi connectivity index (χ0v) is 29.7. The standard InChI is InChI=1S/C46H42N4O2/c1-3-5-29-51-43-31-38(36-24-26-40(34-19-11-8-12-20-34)50-46(36)42-22-14-16-28-48-42)44(52-30-6-4-2)32-37(43)35-23-25-39(33-17-9-7-10-18-33)49-45(35)41-21-13-15-27-47-41/h7-28,31-32H,3-6,29-30H2,1-2H3.